The highest BCUT2D eigenvalue weighted by atomic mass is 35.5. The molecule has 2 fully saturated rings. The number of hydrogen-bond donors (Lipinski definition) is 3. The highest BCUT2D eigenvalue weighted by Gasteiger charge is 2.45. The van der Waals surface area contributed by atoms with Crippen molar-refractivity contribution in [2.75, 3.05) is 24.3 Å². The predicted octanol–water partition coefficient (Wildman–Crippen LogP) is 3.72. The number of ether oxygens (including phenoxy) is 2. The summed E-state index contributed by atoms with van der Waals surface area (Å²) in [4.78, 5) is 13.0. The maximum atomic E-state index is 13.0. The Morgan fingerprint density at radius 1 is 1.26 bits per heavy atom. The first-order valence-electron chi connectivity index (χ1n) is 9.81. The lowest BCUT2D eigenvalue weighted by Crippen LogP contribution is -2.54. The summed E-state index contributed by atoms with van der Waals surface area (Å²) in [5.41, 5.74) is 5.06. The second-order valence-corrected chi connectivity index (χ2v) is 7.96. The Balaban J connectivity index is 1.72. The third kappa shape index (κ3) is 5.13. The van der Waals surface area contributed by atoms with Crippen molar-refractivity contribution in [3.8, 4) is 0 Å². The van der Waals surface area contributed by atoms with Gasteiger partial charge in [0.25, 0.3) is 5.91 Å². The Kier molecular flexibility index (Phi) is 6.98. The number of amides is 1. The molecule has 1 amide bonds. The zero-order valence-corrected chi connectivity index (χ0v) is 16.3. The van der Waals surface area contributed by atoms with Crippen molar-refractivity contribution < 1.29 is 19.4 Å². The molecule has 3 rings (SSSR count). The Morgan fingerprint density at radius 3 is 2.67 bits per heavy atom. The van der Waals surface area contributed by atoms with E-state index >= 15 is 0 Å². The summed E-state index contributed by atoms with van der Waals surface area (Å²) in [5.74, 6) is -0.606. The van der Waals surface area contributed by atoms with Crippen LogP contribution in [-0.2, 0) is 14.3 Å². The van der Waals surface area contributed by atoms with Gasteiger partial charge in [-0.25, -0.2) is 0 Å². The first-order chi connectivity index (χ1) is 13.0. The first-order valence-corrected chi connectivity index (χ1v) is 10.2. The lowest BCUT2D eigenvalue weighted by Gasteiger charge is -2.38. The molecule has 2 aliphatic rings. The van der Waals surface area contributed by atoms with Crippen LogP contribution in [0, 0.1) is 5.92 Å². The molecule has 4 N–H and O–H groups in total. The van der Waals surface area contributed by atoms with E-state index in [1.807, 2.05) is 0 Å². The van der Waals surface area contributed by atoms with E-state index in [0.717, 1.165) is 51.4 Å². The van der Waals surface area contributed by atoms with E-state index < -0.39 is 11.5 Å². The second kappa shape index (κ2) is 9.24. The molecule has 1 saturated carbocycles. The number of nitrogens with one attached hydrogen (secondary N) is 1. The number of hydrogen-bond acceptors (Lipinski definition) is 5. The average Bonchev–Trinajstić information content (AvgIpc) is 2.70. The molecule has 1 aromatic rings. The van der Waals surface area contributed by atoms with Crippen molar-refractivity contribution in [2.24, 2.45) is 5.92 Å². The maximum absolute atomic E-state index is 13.0. The summed E-state index contributed by atoms with van der Waals surface area (Å²) in [6.07, 6.45) is 7.25. The Labute approximate surface area is 165 Å². The fourth-order valence-corrected chi connectivity index (χ4v) is 4.04. The fraction of sp³-hybridized carbons (Fsp3) is 0.650. The van der Waals surface area contributed by atoms with Gasteiger partial charge >= 0.3 is 0 Å². The summed E-state index contributed by atoms with van der Waals surface area (Å²) >= 11 is 6.04. The highest BCUT2D eigenvalue weighted by molar-refractivity contribution is 6.33. The van der Waals surface area contributed by atoms with E-state index in [-0.39, 0.29) is 18.8 Å². The van der Waals surface area contributed by atoms with Crippen LogP contribution in [0.4, 0.5) is 11.4 Å². The molecule has 0 aromatic heterocycles. The smallest absolute Gasteiger partial charge is 0.259 e. The monoisotopic (exact) mass is 396 g/mol. The van der Waals surface area contributed by atoms with Crippen LogP contribution in [0.15, 0.2) is 18.2 Å². The molecule has 0 bridgehead atoms. The molecule has 0 spiro atoms. The molecule has 27 heavy (non-hydrogen) atoms. The van der Waals surface area contributed by atoms with Crippen LogP contribution in [0.2, 0.25) is 5.02 Å². The molecule has 1 aliphatic carbocycles. The number of anilines is 2. The van der Waals surface area contributed by atoms with Crippen LogP contribution >= 0.6 is 11.6 Å². The topological polar surface area (TPSA) is 93.8 Å². The predicted molar refractivity (Wildman–Crippen MR) is 106 cm³/mol. The van der Waals surface area contributed by atoms with Crippen molar-refractivity contribution in [1.29, 1.82) is 0 Å². The SMILES string of the molecule is Nc1ccc(NC(=O)C(O)(COC2CCCCO2)C2CCCCC2)cc1Cl. The zero-order valence-electron chi connectivity index (χ0n) is 15.6. The minimum atomic E-state index is -1.60. The van der Waals surface area contributed by atoms with Crippen LogP contribution in [0.25, 0.3) is 0 Å². The van der Waals surface area contributed by atoms with Gasteiger partial charge in [-0.05, 0) is 56.2 Å². The summed E-state index contributed by atoms with van der Waals surface area (Å²) in [6, 6.07) is 4.89. The first kappa shape index (κ1) is 20.4. The van der Waals surface area contributed by atoms with Crippen molar-refractivity contribution >= 4 is 28.9 Å². The number of nitrogens with two attached hydrogens (primary N) is 1. The van der Waals surface area contributed by atoms with Gasteiger partial charge in [-0.1, -0.05) is 30.9 Å². The molecule has 7 heteroatoms. The van der Waals surface area contributed by atoms with Gasteiger partial charge < -0.3 is 25.6 Å². The maximum Gasteiger partial charge on any atom is 0.259 e. The molecule has 6 nitrogen and oxygen atoms in total. The van der Waals surface area contributed by atoms with Gasteiger partial charge in [0.15, 0.2) is 11.9 Å². The summed E-state index contributed by atoms with van der Waals surface area (Å²) in [5, 5.41) is 14.5. The van der Waals surface area contributed by atoms with Gasteiger partial charge in [-0.2, -0.15) is 0 Å². The standard InChI is InChI=1S/C20H29ClN2O4/c21-16-12-15(9-10-17(16)22)23-19(24)20(25,14-6-2-1-3-7-14)13-27-18-8-4-5-11-26-18/h9-10,12,14,18,25H,1-8,11,13,22H2,(H,23,24). The van der Waals surface area contributed by atoms with Crippen LogP contribution in [0.5, 0.6) is 0 Å². The Bertz CT molecular complexity index is 645. The van der Waals surface area contributed by atoms with Gasteiger partial charge in [-0.3, -0.25) is 4.79 Å². The van der Waals surface area contributed by atoms with Crippen LogP contribution < -0.4 is 11.1 Å². The van der Waals surface area contributed by atoms with Gasteiger partial charge in [0, 0.05) is 12.3 Å². The molecular weight excluding hydrogens is 368 g/mol. The number of aliphatic hydroxyl groups is 1. The van der Waals surface area contributed by atoms with E-state index in [9.17, 15) is 9.90 Å². The summed E-state index contributed by atoms with van der Waals surface area (Å²) in [6.45, 7) is 0.583. The zero-order chi connectivity index (χ0) is 19.3. The number of rotatable bonds is 6. The third-order valence-electron chi connectivity index (χ3n) is 5.56. The largest absolute Gasteiger partial charge is 0.398 e. The van der Waals surface area contributed by atoms with Gasteiger partial charge in [0.2, 0.25) is 0 Å². The molecule has 2 atom stereocenters. The van der Waals surface area contributed by atoms with E-state index in [0.29, 0.717) is 23.0 Å². The molecule has 1 aromatic carbocycles. The minimum Gasteiger partial charge on any atom is -0.398 e. The van der Waals surface area contributed by atoms with Crippen molar-refractivity contribution in [2.45, 2.75) is 63.3 Å². The molecule has 2 unspecified atom stereocenters. The van der Waals surface area contributed by atoms with E-state index in [2.05, 4.69) is 5.32 Å². The Morgan fingerprint density at radius 2 is 2.00 bits per heavy atom. The van der Waals surface area contributed by atoms with Crippen molar-refractivity contribution in [1.82, 2.24) is 0 Å². The summed E-state index contributed by atoms with van der Waals surface area (Å²) < 4.78 is 11.4. The lowest BCUT2D eigenvalue weighted by molar-refractivity contribution is -0.201. The van der Waals surface area contributed by atoms with Gasteiger partial charge in [0.05, 0.1) is 17.3 Å². The number of carbonyl (C=O) groups is 1. The van der Waals surface area contributed by atoms with Crippen molar-refractivity contribution in [3.05, 3.63) is 23.2 Å². The highest BCUT2D eigenvalue weighted by Crippen LogP contribution is 2.35. The van der Waals surface area contributed by atoms with E-state index in [1.54, 1.807) is 18.2 Å². The second-order valence-electron chi connectivity index (χ2n) is 7.56. The normalized spacial score (nSPS) is 23.6. The lowest BCUT2D eigenvalue weighted by atomic mass is 9.76. The molecular formula is C20H29ClN2O4. The number of benzene rings is 1. The van der Waals surface area contributed by atoms with Crippen LogP contribution in [0.1, 0.15) is 51.4 Å². The molecule has 1 aliphatic heterocycles. The molecule has 150 valence electrons. The molecule has 0 radical (unpaired) electrons. The van der Waals surface area contributed by atoms with Crippen molar-refractivity contribution in [3.63, 3.8) is 0 Å². The van der Waals surface area contributed by atoms with Crippen LogP contribution in [0.3, 0.4) is 0 Å². The van der Waals surface area contributed by atoms with E-state index in [1.165, 1.54) is 0 Å². The number of halogens is 1. The number of carbonyl (C=O) groups excluding carboxylic acids is 1. The van der Waals surface area contributed by atoms with Crippen LogP contribution in [-0.4, -0.2) is 36.1 Å². The third-order valence-corrected chi connectivity index (χ3v) is 5.89. The quantitative estimate of drug-likeness (QED) is 0.637. The molecule has 1 saturated heterocycles. The summed E-state index contributed by atoms with van der Waals surface area (Å²) in [7, 11) is 0. The minimum absolute atomic E-state index is 0.0725. The number of nitrogen functional groups attached to an aromatic ring is 1. The fourth-order valence-electron chi connectivity index (χ4n) is 3.86. The van der Waals surface area contributed by atoms with Gasteiger partial charge in [0.1, 0.15) is 0 Å². The average molecular weight is 397 g/mol. The molecule has 1 heterocycles. The van der Waals surface area contributed by atoms with Gasteiger partial charge in [-0.15, -0.1) is 0 Å². The Hall–Kier alpha value is -1.34. The van der Waals surface area contributed by atoms with E-state index in [4.69, 9.17) is 26.8 Å².